The number of carboxylic acid groups (broad SMARTS) is 2. The van der Waals surface area contributed by atoms with Gasteiger partial charge < -0.3 is 48.5 Å². The van der Waals surface area contributed by atoms with Gasteiger partial charge in [-0.05, 0) is 24.8 Å². The van der Waals surface area contributed by atoms with E-state index in [4.69, 9.17) is 27.4 Å². The van der Waals surface area contributed by atoms with Crippen LogP contribution in [0.2, 0.25) is 0 Å². The highest BCUT2D eigenvalue weighted by atomic mass is 16.4. The number of hydrogen-bond acceptors (Lipinski definition) is 8. The number of nitrogens with zero attached hydrogens (tertiary/aromatic N) is 1. The van der Waals surface area contributed by atoms with Gasteiger partial charge in [0.1, 0.15) is 18.1 Å². The Morgan fingerprint density at radius 2 is 1.43 bits per heavy atom. The lowest BCUT2D eigenvalue weighted by atomic mass is 10.0. The SMILES string of the molecule is NC(N)=NCCCC(NC(=O)C(N)Cc1ccccc1)C(=O)NC(CO)C(=O)NC(CC(=O)O)C(=O)O. The van der Waals surface area contributed by atoms with Crippen LogP contribution in [-0.4, -0.2) is 88.3 Å². The van der Waals surface area contributed by atoms with Gasteiger partial charge in [-0.15, -0.1) is 0 Å². The molecule has 4 unspecified atom stereocenters. The third-order valence-electron chi connectivity index (χ3n) is 5.02. The Balaban J connectivity index is 2.92. The Hall–Kier alpha value is -4.24. The van der Waals surface area contributed by atoms with Gasteiger partial charge in [0.2, 0.25) is 17.7 Å². The number of benzene rings is 1. The standard InChI is InChI=1S/C22H33N7O8/c23-13(9-12-5-2-1-3-6-12)18(33)27-14(7-4-8-26-22(24)25)19(34)29-16(11-30)20(35)28-15(21(36)37)10-17(31)32/h1-3,5-6,13-16,30H,4,7-11,23H2,(H,27,33)(H,28,35)(H,29,34)(H,31,32)(H,36,37)(H4,24,25,26). The van der Waals surface area contributed by atoms with Gasteiger partial charge >= 0.3 is 11.9 Å². The quantitative estimate of drug-likeness (QED) is 0.0585. The van der Waals surface area contributed by atoms with Crippen LogP contribution in [-0.2, 0) is 30.4 Å². The highest BCUT2D eigenvalue weighted by Gasteiger charge is 2.30. The number of aliphatic carboxylic acids is 2. The molecule has 0 aromatic heterocycles. The maximum absolute atomic E-state index is 12.9. The number of aliphatic hydroxyl groups is 1. The van der Waals surface area contributed by atoms with E-state index in [1.807, 2.05) is 5.32 Å². The molecule has 0 spiro atoms. The largest absolute Gasteiger partial charge is 0.481 e. The van der Waals surface area contributed by atoms with Gasteiger partial charge in [-0.25, -0.2) is 4.79 Å². The van der Waals surface area contributed by atoms with Crippen molar-refractivity contribution in [2.45, 2.75) is 49.9 Å². The summed E-state index contributed by atoms with van der Waals surface area (Å²) in [7, 11) is 0. The van der Waals surface area contributed by atoms with Crippen molar-refractivity contribution in [1.29, 1.82) is 0 Å². The van der Waals surface area contributed by atoms with Crippen LogP contribution in [0.3, 0.4) is 0 Å². The maximum Gasteiger partial charge on any atom is 0.326 e. The predicted octanol–water partition coefficient (Wildman–Crippen LogP) is -3.38. The van der Waals surface area contributed by atoms with Gasteiger partial charge in [0.25, 0.3) is 0 Å². The second-order valence-electron chi connectivity index (χ2n) is 8.05. The molecule has 0 heterocycles. The zero-order valence-electron chi connectivity index (χ0n) is 20.0. The normalized spacial score (nSPS) is 13.8. The molecule has 204 valence electrons. The van der Waals surface area contributed by atoms with Gasteiger partial charge in [0, 0.05) is 6.54 Å². The van der Waals surface area contributed by atoms with Crippen molar-refractivity contribution in [1.82, 2.24) is 16.0 Å². The van der Waals surface area contributed by atoms with E-state index in [2.05, 4.69) is 15.6 Å². The molecule has 0 aliphatic rings. The van der Waals surface area contributed by atoms with E-state index in [0.717, 1.165) is 5.56 Å². The molecule has 0 saturated heterocycles. The first-order valence-corrected chi connectivity index (χ1v) is 11.3. The molecule has 0 aliphatic heterocycles. The fourth-order valence-corrected chi connectivity index (χ4v) is 3.13. The number of amides is 3. The molecule has 3 amide bonds. The molecule has 1 aromatic rings. The number of carbonyl (C=O) groups excluding carboxylic acids is 3. The van der Waals surface area contributed by atoms with Crippen molar-refractivity contribution < 1.29 is 39.3 Å². The van der Waals surface area contributed by atoms with Crippen molar-refractivity contribution in [3.05, 3.63) is 35.9 Å². The summed E-state index contributed by atoms with van der Waals surface area (Å²) < 4.78 is 0. The number of carbonyl (C=O) groups is 5. The molecule has 15 heteroatoms. The number of nitrogens with two attached hydrogens (primary N) is 3. The summed E-state index contributed by atoms with van der Waals surface area (Å²) in [6, 6.07) is 3.31. The van der Waals surface area contributed by atoms with Crippen LogP contribution in [0.1, 0.15) is 24.8 Å². The van der Waals surface area contributed by atoms with E-state index >= 15 is 0 Å². The molecular formula is C22H33N7O8. The van der Waals surface area contributed by atoms with Gasteiger partial charge in [-0.3, -0.25) is 24.2 Å². The Morgan fingerprint density at radius 3 is 1.97 bits per heavy atom. The summed E-state index contributed by atoms with van der Waals surface area (Å²) in [5, 5.41) is 34.2. The van der Waals surface area contributed by atoms with E-state index in [1.54, 1.807) is 30.3 Å². The molecule has 37 heavy (non-hydrogen) atoms. The lowest BCUT2D eigenvalue weighted by Crippen LogP contribution is -2.58. The Bertz CT molecular complexity index is 969. The summed E-state index contributed by atoms with van der Waals surface area (Å²) in [6.45, 7) is -0.795. The maximum atomic E-state index is 12.9. The van der Waals surface area contributed by atoms with Crippen LogP contribution >= 0.6 is 0 Å². The smallest absolute Gasteiger partial charge is 0.326 e. The van der Waals surface area contributed by atoms with Crippen molar-refractivity contribution in [3.8, 4) is 0 Å². The first-order chi connectivity index (χ1) is 17.4. The minimum atomic E-state index is -1.79. The van der Waals surface area contributed by atoms with E-state index in [0.29, 0.717) is 0 Å². The minimum Gasteiger partial charge on any atom is -0.481 e. The molecule has 0 saturated carbocycles. The highest BCUT2D eigenvalue weighted by Crippen LogP contribution is 2.05. The van der Waals surface area contributed by atoms with Crippen molar-refractivity contribution in [2.75, 3.05) is 13.2 Å². The zero-order valence-corrected chi connectivity index (χ0v) is 20.0. The number of aliphatic imine (C=N–C) groups is 1. The molecule has 0 bridgehead atoms. The molecular weight excluding hydrogens is 490 g/mol. The molecule has 0 aliphatic carbocycles. The van der Waals surface area contributed by atoms with Crippen LogP contribution < -0.4 is 33.2 Å². The minimum absolute atomic E-state index is 0.0307. The van der Waals surface area contributed by atoms with Crippen molar-refractivity contribution >= 4 is 35.6 Å². The topological polar surface area (TPSA) is 273 Å². The number of carboxylic acids is 2. The van der Waals surface area contributed by atoms with E-state index in [9.17, 15) is 29.1 Å². The Kier molecular flexibility index (Phi) is 13.1. The van der Waals surface area contributed by atoms with Gasteiger partial charge in [-0.1, -0.05) is 30.3 Å². The summed E-state index contributed by atoms with van der Waals surface area (Å²) in [4.78, 5) is 63.8. The molecule has 1 rings (SSSR count). The average molecular weight is 524 g/mol. The number of guanidine groups is 1. The van der Waals surface area contributed by atoms with Crippen LogP contribution in [0.5, 0.6) is 0 Å². The molecule has 1 aromatic carbocycles. The Morgan fingerprint density at radius 1 is 0.865 bits per heavy atom. The third kappa shape index (κ3) is 11.8. The van der Waals surface area contributed by atoms with Crippen molar-refractivity contribution in [3.63, 3.8) is 0 Å². The third-order valence-corrected chi connectivity index (χ3v) is 5.02. The van der Waals surface area contributed by atoms with Gasteiger partial charge in [0.05, 0.1) is 19.1 Å². The average Bonchev–Trinajstić information content (AvgIpc) is 2.83. The van der Waals surface area contributed by atoms with E-state index in [1.165, 1.54) is 0 Å². The molecule has 15 nitrogen and oxygen atoms in total. The fraction of sp³-hybridized carbons (Fsp3) is 0.455. The van der Waals surface area contributed by atoms with Crippen LogP contribution in [0.25, 0.3) is 0 Å². The fourth-order valence-electron chi connectivity index (χ4n) is 3.13. The lowest BCUT2D eigenvalue weighted by molar-refractivity contribution is -0.147. The predicted molar refractivity (Wildman–Crippen MR) is 131 cm³/mol. The number of rotatable bonds is 16. The summed E-state index contributed by atoms with van der Waals surface area (Å²) in [5.41, 5.74) is 17.3. The number of aliphatic hydroxyl groups excluding tert-OH is 1. The highest BCUT2D eigenvalue weighted by molar-refractivity contribution is 5.94. The summed E-state index contributed by atoms with van der Waals surface area (Å²) in [5.74, 6) is -5.91. The van der Waals surface area contributed by atoms with Crippen LogP contribution in [0.15, 0.2) is 35.3 Å². The number of nitrogens with one attached hydrogen (secondary N) is 3. The van der Waals surface area contributed by atoms with Crippen LogP contribution in [0.4, 0.5) is 0 Å². The Labute approximate surface area is 212 Å². The first-order valence-electron chi connectivity index (χ1n) is 11.3. The lowest BCUT2D eigenvalue weighted by Gasteiger charge is -2.24. The summed E-state index contributed by atoms with van der Waals surface area (Å²) >= 11 is 0. The summed E-state index contributed by atoms with van der Waals surface area (Å²) in [6.07, 6.45) is -0.449. The van der Waals surface area contributed by atoms with Gasteiger partial charge in [0.15, 0.2) is 5.96 Å². The van der Waals surface area contributed by atoms with E-state index in [-0.39, 0.29) is 31.8 Å². The molecule has 0 radical (unpaired) electrons. The van der Waals surface area contributed by atoms with Crippen LogP contribution in [0, 0.1) is 0 Å². The second kappa shape index (κ2) is 15.7. The monoisotopic (exact) mass is 523 g/mol. The second-order valence-corrected chi connectivity index (χ2v) is 8.05. The van der Waals surface area contributed by atoms with Crippen molar-refractivity contribution in [2.24, 2.45) is 22.2 Å². The molecule has 12 N–H and O–H groups in total. The first kappa shape index (κ1) is 30.8. The molecule has 0 fully saturated rings. The molecule has 4 atom stereocenters. The zero-order chi connectivity index (χ0) is 28.0. The van der Waals surface area contributed by atoms with E-state index < -0.39 is 66.9 Å². The number of hydrogen-bond donors (Lipinski definition) is 9. The van der Waals surface area contributed by atoms with Gasteiger partial charge in [-0.2, -0.15) is 0 Å².